The zero-order valence-corrected chi connectivity index (χ0v) is 12.9. The average molecular weight is 312 g/mol. The number of halogens is 1. The molecule has 3 heteroatoms. The van der Waals surface area contributed by atoms with Crippen LogP contribution in [0.25, 0.3) is 0 Å². The molecular weight excluding hydrogens is 290 g/mol. The number of rotatable bonds is 5. The highest BCUT2D eigenvalue weighted by atomic mass is 79.9. The van der Waals surface area contributed by atoms with Gasteiger partial charge in [-0.1, -0.05) is 34.8 Å². The maximum Gasteiger partial charge on any atom is 0.121 e. The molecule has 1 aromatic rings. The number of nitrogens with zero attached hydrogens (tertiary/aromatic N) is 1. The van der Waals surface area contributed by atoms with Gasteiger partial charge in [0.15, 0.2) is 0 Å². The maximum atomic E-state index is 6.02. The van der Waals surface area contributed by atoms with Crippen LogP contribution in [0.5, 0.6) is 5.75 Å². The van der Waals surface area contributed by atoms with E-state index in [9.17, 15) is 0 Å². The van der Waals surface area contributed by atoms with Gasteiger partial charge in [0.25, 0.3) is 0 Å². The predicted octanol–water partition coefficient (Wildman–Crippen LogP) is 4.09. The summed E-state index contributed by atoms with van der Waals surface area (Å²) in [5.41, 5.74) is 1.54. The van der Waals surface area contributed by atoms with Crippen molar-refractivity contribution in [1.82, 2.24) is 0 Å². The molecule has 2 rings (SSSR count). The Hall–Kier alpha value is -0.700. The Balaban J connectivity index is 1.99. The fourth-order valence-corrected chi connectivity index (χ4v) is 3.25. The van der Waals surface area contributed by atoms with E-state index in [0.29, 0.717) is 5.41 Å². The number of ether oxygens (including phenoxy) is 1. The van der Waals surface area contributed by atoms with Crippen molar-refractivity contribution in [3.8, 4) is 5.75 Å². The number of benzene rings is 1. The first-order chi connectivity index (χ1) is 8.65. The molecule has 1 aliphatic rings. The first kappa shape index (κ1) is 13.7. The van der Waals surface area contributed by atoms with Gasteiger partial charge in [0.05, 0.1) is 6.61 Å². The Kier molecular flexibility index (Phi) is 4.55. The summed E-state index contributed by atoms with van der Waals surface area (Å²) in [6.45, 7) is 0.829. The van der Waals surface area contributed by atoms with Gasteiger partial charge >= 0.3 is 0 Å². The third kappa shape index (κ3) is 3.19. The van der Waals surface area contributed by atoms with Crippen LogP contribution in [0.4, 0.5) is 5.69 Å². The molecule has 0 aromatic heterocycles. The van der Waals surface area contributed by atoms with Crippen LogP contribution < -0.4 is 9.64 Å². The van der Waals surface area contributed by atoms with Crippen molar-refractivity contribution in [2.75, 3.05) is 30.9 Å². The molecule has 0 N–H and O–H groups in total. The topological polar surface area (TPSA) is 12.5 Å². The third-order valence-corrected chi connectivity index (χ3v) is 5.02. The number of hydrogen-bond donors (Lipinski definition) is 0. The molecule has 1 fully saturated rings. The van der Waals surface area contributed by atoms with Crippen molar-refractivity contribution >= 4 is 21.6 Å². The highest BCUT2D eigenvalue weighted by molar-refractivity contribution is 9.09. The van der Waals surface area contributed by atoms with Crippen molar-refractivity contribution in [2.45, 2.75) is 25.7 Å². The maximum absolute atomic E-state index is 6.02. The molecule has 0 spiro atoms. The van der Waals surface area contributed by atoms with Gasteiger partial charge in [0.2, 0.25) is 0 Å². The summed E-state index contributed by atoms with van der Waals surface area (Å²) in [6, 6.07) is 8.31. The van der Waals surface area contributed by atoms with Crippen LogP contribution in [0.15, 0.2) is 24.3 Å². The van der Waals surface area contributed by atoms with E-state index >= 15 is 0 Å². The molecule has 2 nitrogen and oxygen atoms in total. The molecule has 0 bridgehead atoms. The van der Waals surface area contributed by atoms with Crippen LogP contribution >= 0.6 is 15.9 Å². The normalized spacial score (nSPS) is 17.7. The number of hydrogen-bond acceptors (Lipinski definition) is 2. The highest BCUT2D eigenvalue weighted by Gasteiger charge is 2.33. The molecule has 0 heterocycles. The first-order valence-electron chi connectivity index (χ1n) is 6.61. The summed E-state index contributed by atoms with van der Waals surface area (Å²) in [5.74, 6) is 0.980. The van der Waals surface area contributed by atoms with E-state index in [1.165, 1.54) is 31.4 Å². The Morgan fingerprint density at radius 2 is 2.00 bits per heavy atom. The quantitative estimate of drug-likeness (QED) is 0.759. The largest absolute Gasteiger partial charge is 0.493 e. The van der Waals surface area contributed by atoms with E-state index in [-0.39, 0.29) is 0 Å². The lowest BCUT2D eigenvalue weighted by atomic mass is 9.90. The van der Waals surface area contributed by atoms with Crippen molar-refractivity contribution in [3.63, 3.8) is 0 Å². The van der Waals surface area contributed by atoms with Crippen LogP contribution in [0.2, 0.25) is 0 Å². The Bertz CT molecular complexity index is 386. The third-order valence-electron chi connectivity index (χ3n) is 3.83. The minimum absolute atomic E-state index is 0.355. The molecule has 18 heavy (non-hydrogen) atoms. The molecule has 1 aromatic carbocycles. The molecule has 0 saturated heterocycles. The summed E-state index contributed by atoms with van der Waals surface area (Å²) in [7, 11) is 4.10. The zero-order valence-electron chi connectivity index (χ0n) is 11.3. The lowest BCUT2D eigenvalue weighted by Gasteiger charge is -2.26. The zero-order chi connectivity index (χ0) is 13.0. The minimum Gasteiger partial charge on any atom is -0.493 e. The summed E-state index contributed by atoms with van der Waals surface area (Å²) >= 11 is 3.66. The minimum atomic E-state index is 0.355. The smallest absolute Gasteiger partial charge is 0.121 e. The summed E-state index contributed by atoms with van der Waals surface area (Å²) in [5, 5.41) is 1.05. The van der Waals surface area contributed by atoms with E-state index in [1.54, 1.807) is 0 Å². The van der Waals surface area contributed by atoms with Crippen molar-refractivity contribution in [3.05, 3.63) is 24.3 Å². The fourth-order valence-electron chi connectivity index (χ4n) is 2.53. The molecule has 100 valence electrons. The van der Waals surface area contributed by atoms with Gasteiger partial charge in [-0.2, -0.15) is 0 Å². The predicted molar refractivity (Wildman–Crippen MR) is 81.0 cm³/mol. The Labute approximate surface area is 118 Å². The second-order valence-electron chi connectivity index (χ2n) is 5.52. The summed E-state index contributed by atoms with van der Waals surface area (Å²) in [6.07, 6.45) is 5.25. The highest BCUT2D eigenvalue weighted by Crippen LogP contribution is 2.40. The van der Waals surface area contributed by atoms with E-state index in [2.05, 4.69) is 53.1 Å². The van der Waals surface area contributed by atoms with E-state index in [4.69, 9.17) is 4.74 Å². The van der Waals surface area contributed by atoms with Gasteiger partial charge in [0, 0.05) is 36.6 Å². The summed E-state index contributed by atoms with van der Waals surface area (Å²) < 4.78 is 6.02. The van der Waals surface area contributed by atoms with Crippen LogP contribution in [0, 0.1) is 5.41 Å². The second-order valence-corrected chi connectivity index (χ2v) is 6.08. The standard InChI is InChI=1S/C15H22BrNO/c1-17(2)13-6-5-7-14(10-13)18-12-15(11-16)8-3-4-9-15/h5-7,10H,3-4,8-9,11-12H2,1-2H3. The van der Waals surface area contributed by atoms with Gasteiger partial charge in [-0.15, -0.1) is 0 Å². The monoisotopic (exact) mass is 311 g/mol. The molecule has 0 atom stereocenters. The first-order valence-corrected chi connectivity index (χ1v) is 7.74. The molecule has 1 saturated carbocycles. The fraction of sp³-hybridized carbons (Fsp3) is 0.600. The Morgan fingerprint density at radius 3 is 2.61 bits per heavy atom. The molecule has 1 aliphatic carbocycles. The van der Waals surface area contributed by atoms with Gasteiger partial charge < -0.3 is 9.64 Å². The molecular formula is C15H22BrNO. The van der Waals surface area contributed by atoms with Crippen LogP contribution in [-0.2, 0) is 0 Å². The van der Waals surface area contributed by atoms with E-state index < -0.39 is 0 Å². The average Bonchev–Trinajstić information content (AvgIpc) is 2.86. The van der Waals surface area contributed by atoms with Crippen molar-refractivity contribution in [1.29, 1.82) is 0 Å². The van der Waals surface area contributed by atoms with Crippen LogP contribution in [0.3, 0.4) is 0 Å². The lowest BCUT2D eigenvalue weighted by molar-refractivity contribution is 0.174. The van der Waals surface area contributed by atoms with Crippen molar-refractivity contribution < 1.29 is 4.74 Å². The van der Waals surface area contributed by atoms with Gasteiger partial charge in [-0.3, -0.25) is 0 Å². The molecule has 0 aliphatic heterocycles. The van der Waals surface area contributed by atoms with E-state index in [1.807, 2.05) is 6.07 Å². The van der Waals surface area contributed by atoms with Crippen LogP contribution in [0.1, 0.15) is 25.7 Å². The lowest BCUT2D eigenvalue weighted by Crippen LogP contribution is -2.27. The second kappa shape index (κ2) is 5.96. The molecule has 0 radical (unpaired) electrons. The van der Waals surface area contributed by atoms with Crippen LogP contribution in [-0.4, -0.2) is 26.0 Å². The SMILES string of the molecule is CN(C)c1cccc(OCC2(CBr)CCCC2)c1. The number of alkyl halides is 1. The van der Waals surface area contributed by atoms with Gasteiger partial charge in [-0.25, -0.2) is 0 Å². The number of anilines is 1. The van der Waals surface area contributed by atoms with Gasteiger partial charge in [-0.05, 0) is 25.0 Å². The van der Waals surface area contributed by atoms with Crippen molar-refractivity contribution in [2.24, 2.45) is 5.41 Å². The van der Waals surface area contributed by atoms with E-state index in [0.717, 1.165) is 17.7 Å². The molecule has 0 unspecified atom stereocenters. The van der Waals surface area contributed by atoms with Gasteiger partial charge in [0.1, 0.15) is 5.75 Å². The summed E-state index contributed by atoms with van der Waals surface area (Å²) in [4.78, 5) is 2.10. The Morgan fingerprint density at radius 1 is 1.28 bits per heavy atom. The molecule has 0 amide bonds.